The number of esters is 2. The average Bonchev–Trinajstić information content (AvgIpc) is 2.66. The first-order chi connectivity index (χ1) is 13.7. The van der Waals surface area contributed by atoms with Gasteiger partial charge in [0, 0.05) is 17.8 Å². The van der Waals surface area contributed by atoms with Crippen LogP contribution in [0.25, 0.3) is 0 Å². The van der Waals surface area contributed by atoms with E-state index in [4.69, 9.17) is 14.7 Å². The number of oxime groups is 1. The van der Waals surface area contributed by atoms with Gasteiger partial charge in [-0.05, 0) is 26.3 Å². The maximum atomic E-state index is 12.8. The number of hydrogen-bond donors (Lipinski definition) is 2. The Bertz CT molecular complexity index is 931. The van der Waals surface area contributed by atoms with Crippen LogP contribution in [-0.2, 0) is 19.1 Å². The van der Waals surface area contributed by atoms with E-state index >= 15 is 0 Å². The number of nitro groups is 1. The Morgan fingerprint density at radius 1 is 1.31 bits per heavy atom. The summed E-state index contributed by atoms with van der Waals surface area (Å²) < 4.78 is 10.2. The lowest BCUT2D eigenvalue weighted by molar-refractivity contribution is -0.384. The molecule has 10 nitrogen and oxygen atoms in total. The van der Waals surface area contributed by atoms with Gasteiger partial charge in [0.25, 0.3) is 5.69 Å². The van der Waals surface area contributed by atoms with Gasteiger partial charge in [-0.2, -0.15) is 0 Å². The standard InChI is InChI=1S/C19H21N3O7/c1-10(2)29-19(24)15-11(3)21-14(9-20-25)17(18(23)28-4)16(15)12-6-5-7-13(8-12)22(26)27/h5-10,16,21,25H,1-4H3/b20-9+. The van der Waals surface area contributed by atoms with Gasteiger partial charge in [0.15, 0.2) is 0 Å². The molecule has 1 aromatic rings. The fourth-order valence-corrected chi connectivity index (χ4v) is 3.05. The summed E-state index contributed by atoms with van der Waals surface area (Å²) in [5.74, 6) is -2.53. The summed E-state index contributed by atoms with van der Waals surface area (Å²) in [5, 5.41) is 26.0. The number of benzene rings is 1. The third-order valence-corrected chi connectivity index (χ3v) is 4.16. The van der Waals surface area contributed by atoms with Crippen LogP contribution in [0, 0.1) is 10.1 Å². The molecule has 1 heterocycles. The molecule has 1 aromatic carbocycles. The van der Waals surface area contributed by atoms with Gasteiger partial charge in [-0.25, -0.2) is 9.59 Å². The number of carbonyl (C=O) groups is 2. The largest absolute Gasteiger partial charge is 0.466 e. The maximum absolute atomic E-state index is 12.8. The number of nitrogens with one attached hydrogen (secondary N) is 1. The molecule has 0 saturated carbocycles. The number of rotatable bonds is 6. The number of methoxy groups -OCH3 is 1. The number of dihydropyridines is 1. The molecule has 0 bridgehead atoms. The topological polar surface area (TPSA) is 140 Å². The van der Waals surface area contributed by atoms with Gasteiger partial charge in [0.2, 0.25) is 0 Å². The van der Waals surface area contributed by atoms with Crippen molar-refractivity contribution in [1.29, 1.82) is 0 Å². The van der Waals surface area contributed by atoms with Crippen LogP contribution in [0.1, 0.15) is 32.3 Å². The van der Waals surface area contributed by atoms with Gasteiger partial charge in [-0.1, -0.05) is 17.3 Å². The summed E-state index contributed by atoms with van der Waals surface area (Å²) in [6.07, 6.45) is 0.560. The van der Waals surface area contributed by atoms with Crippen LogP contribution in [0.3, 0.4) is 0 Å². The monoisotopic (exact) mass is 403 g/mol. The van der Waals surface area contributed by atoms with Crippen LogP contribution >= 0.6 is 0 Å². The van der Waals surface area contributed by atoms with Crippen molar-refractivity contribution in [2.45, 2.75) is 32.8 Å². The zero-order valence-electron chi connectivity index (χ0n) is 16.3. The molecule has 29 heavy (non-hydrogen) atoms. The van der Waals surface area contributed by atoms with Crippen LogP contribution in [0.2, 0.25) is 0 Å². The van der Waals surface area contributed by atoms with E-state index in [1.54, 1.807) is 26.8 Å². The second-order valence-electron chi connectivity index (χ2n) is 6.47. The van der Waals surface area contributed by atoms with Gasteiger partial charge in [-0.15, -0.1) is 0 Å². The molecule has 1 unspecified atom stereocenters. The molecule has 10 heteroatoms. The summed E-state index contributed by atoms with van der Waals surface area (Å²) in [5.41, 5.74) is 0.572. The quantitative estimate of drug-likeness (QED) is 0.243. The van der Waals surface area contributed by atoms with E-state index in [9.17, 15) is 19.7 Å². The second-order valence-corrected chi connectivity index (χ2v) is 6.47. The minimum Gasteiger partial charge on any atom is -0.466 e. The van der Waals surface area contributed by atoms with Crippen molar-refractivity contribution >= 4 is 23.8 Å². The zero-order chi connectivity index (χ0) is 21.7. The Labute approximate surface area is 166 Å². The molecule has 0 amide bonds. The molecule has 1 aliphatic rings. The Morgan fingerprint density at radius 3 is 2.55 bits per heavy atom. The molecule has 0 fully saturated rings. The number of ether oxygens (including phenoxy) is 2. The number of non-ortho nitro benzene ring substituents is 1. The molecular weight excluding hydrogens is 382 g/mol. The van der Waals surface area contributed by atoms with Crippen molar-refractivity contribution in [3.63, 3.8) is 0 Å². The van der Waals surface area contributed by atoms with Crippen molar-refractivity contribution in [3.05, 3.63) is 62.5 Å². The van der Waals surface area contributed by atoms with Crippen molar-refractivity contribution < 1.29 is 29.2 Å². The minimum absolute atomic E-state index is 0.0490. The summed E-state index contributed by atoms with van der Waals surface area (Å²) >= 11 is 0. The summed E-state index contributed by atoms with van der Waals surface area (Å²) in [7, 11) is 1.16. The van der Waals surface area contributed by atoms with E-state index < -0.39 is 28.9 Å². The van der Waals surface area contributed by atoms with E-state index in [-0.39, 0.29) is 22.5 Å². The maximum Gasteiger partial charge on any atom is 0.337 e. The van der Waals surface area contributed by atoms with E-state index in [0.717, 1.165) is 13.3 Å². The molecule has 154 valence electrons. The predicted molar refractivity (Wildman–Crippen MR) is 102 cm³/mol. The lowest BCUT2D eigenvalue weighted by Gasteiger charge is -2.30. The van der Waals surface area contributed by atoms with E-state index in [0.29, 0.717) is 11.3 Å². The average molecular weight is 403 g/mol. The van der Waals surface area contributed by atoms with Gasteiger partial charge in [-0.3, -0.25) is 10.1 Å². The highest BCUT2D eigenvalue weighted by atomic mass is 16.6. The Morgan fingerprint density at radius 2 is 2.00 bits per heavy atom. The first kappa shape index (κ1) is 21.6. The number of carbonyl (C=O) groups excluding carboxylic acids is 2. The number of nitro benzene ring substituents is 1. The SMILES string of the molecule is COC(=O)C1=C(/C=N/O)NC(C)=C(C(=O)OC(C)C)C1c1cccc([N+](=O)[O-])c1. The van der Waals surface area contributed by atoms with Crippen molar-refractivity contribution in [3.8, 4) is 0 Å². The summed E-state index contributed by atoms with van der Waals surface area (Å²) in [4.78, 5) is 36.1. The number of hydrogen-bond acceptors (Lipinski definition) is 9. The van der Waals surface area contributed by atoms with Crippen molar-refractivity contribution in [2.24, 2.45) is 5.16 Å². The molecule has 1 atom stereocenters. The van der Waals surface area contributed by atoms with Crippen LogP contribution in [-0.4, -0.2) is 41.5 Å². The molecule has 2 N–H and O–H groups in total. The molecule has 0 spiro atoms. The molecule has 0 aliphatic carbocycles. The third kappa shape index (κ3) is 4.60. The molecular formula is C19H21N3O7. The predicted octanol–water partition coefficient (Wildman–Crippen LogP) is 2.39. The van der Waals surface area contributed by atoms with Crippen molar-refractivity contribution in [1.82, 2.24) is 5.32 Å². The fourth-order valence-electron chi connectivity index (χ4n) is 3.05. The van der Waals surface area contributed by atoms with Crippen LogP contribution in [0.5, 0.6) is 0 Å². The number of nitrogens with zero attached hydrogens (tertiary/aromatic N) is 2. The molecule has 2 rings (SSSR count). The van der Waals surface area contributed by atoms with Crippen LogP contribution < -0.4 is 5.32 Å². The van der Waals surface area contributed by atoms with Gasteiger partial charge < -0.3 is 20.0 Å². The lowest BCUT2D eigenvalue weighted by atomic mass is 9.80. The highest BCUT2D eigenvalue weighted by molar-refractivity contribution is 6.04. The first-order valence-electron chi connectivity index (χ1n) is 8.64. The van der Waals surface area contributed by atoms with Gasteiger partial charge in [0.1, 0.15) is 0 Å². The van der Waals surface area contributed by atoms with E-state index in [2.05, 4.69) is 10.5 Å². The highest BCUT2D eigenvalue weighted by Gasteiger charge is 2.39. The normalized spacial score (nSPS) is 16.8. The Balaban J connectivity index is 2.78. The highest BCUT2D eigenvalue weighted by Crippen LogP contribution is 2.40. The molecule has 0 saturated heterocycles. The number of allylic oxidation sites excluding steroid dienone is 2. The van der Waals surface area contributed by atoms with E-state index in [1.165, 1.54) is 18.2 Å². The molecule has 0 radical (unpaired) electrons. The second kappa shape index (κ2) is 9.00. The van der Waals surface area contributed by atoms with Gasteiger partial charge in [0.05, 0.1) is 47.1 Å². The molecule has 0 aromatic heterocycles. The molecule has 1 aliphatic heterocycles. The van der Waals surface area contributed by atoms with Crippen LogP contribution in [0.4, 0.5) is 5.69 Å². The Kier molecular flexibility index (Phi) is 6.71. The zero-order valence-corrected chi connectivity index (χ0v) is 16.3. The lowest BCUT2D eigenvalue weighted by Crippen LogP contribution is -2.34. The van der Waals surface area contributed by atoms with Gasteiger partial charge >= 0.3 is 11.9 Å². The summed E-state index contributed by atoms with van der Waals surface area (Å²) in [6, 6.07) is 5.56. The fraction of sp³-hybridized carbons (Fsp3) is 0.316. The van der Waals surface area contributed by atoms with E-state index in [1.807, 2.05) is 0 Å². The first-order valence-corrected chi connectivity index (χ1v) is 8.64. The smallest absolute Gasteiger partial charge is 0.337 e. The van der Waals surface area contributed by atoms with Crippen LogP contribution in [0.15, 0.2) is 52.0 Å². The summed E-state index contributed by atoms with van der Waals surface area (Å²) in [6.45, 7) is 4.93. The van der Waals surface area contributed by atoms with Crippen molar-refractivity contribution in [2.75, 3.05) is 7.11 Å². The third-order valence-electron chi connectivity index (χ3n) is 4.16. The minimum atomic E-state index is -1.04. The Hall–Kier alpha value is -3.69.